The lowest BCUT2D eigenvalue weighted by molar-refractivity contribution is -0.137. The number of anilines is 1. The van der Waals surface area contributed by atoms with Crippen LogP contribution in [0.2, 0.25) is 0 Å². The number of aryl methyl sites for hydroxylation is 1. The van der Waals surface area contributed by atoms with Crippen LogP contribution in [0.3, 0.4) is 0 Å². The van der Waals surface area contributed by atoms with Crippen LogP contribution in [0, 0.1) is 12.3 Å². The van der Waals surface area contributed by atoms with Gasteiger partial charge in [0, 0.05) is 17.7 Å². The minimum atomic E-state index is -4.41. The third-order valence-electron chi connectivity index (χ3n) is 5.91. The smallest absolute Gasteiger partial charge is 0.377 e. The van der Waals surface area contributed by atoms with Crippen molar-refractivity contribution in [2.24, 2.45) is 5.41 Å². The maximum Gasteiger partial charge on any atom is 0.416 e. The van der Waals surface area contributed by atoms with Crippen LogP contribution in [0.15, 0.2) is 42.5 Å². The Kier molecular flexibility index (Phi) is 4.32. The summed E-state index contributed by atoms with van der Waals surface area (Å²) in [6, 6.07) is 9.67. The van der Waals surface area contributed by atoms with Crippen LogP contribution in [0.5, 0.6) is 0 Å². The topological polar surface area (TPSA) is 46.2 Å². The second-order valence-corrected chi connectivity index (χ2v) is 7.67. The van der Waals surface area contributed by atoms with Crippen LogP contribution in [0.4, 0.5) is 18.9 Å². The highest BCUT2D eigenvalue weighted by Gasteiger charge is 2.58. The van der Waals surface area contributed by atoms with Gasteiger partial charge < -0.3 is 5.32 Å². The molecule has 3 nitrogen and oxygen atoms in total. The van der Waals surface area contributed by atoms with E-state index in [9.17, 15) is 22.8 Å². The van der Waals surface area contributed by atoms with E-state index < -0.39 is 23.2 Å². The Balaban J connectivity index is 1.76. The standard InChI is InChI=1S/C22H20F3NO2/c1-13-5-10-16-17(12-13)20(28)21(11-3-2-4-18(21)27)19(16)26-15-8-6-14(7-9-15)22(23,24)25/h5-10,12,19,26H,2-4,11H2,1H3/t19-,21-/m1/s1. The zero-order valence-corrected chi connectivity index (χ0v) is 15.4. The maximum atomic E-state index is 13.3. The number of benzene rings is 2. The van der Waals surface area contributed by atoms with E-state index in [1.54, 1.807) is 6.07 Å². The summed E-state index contributed by atoms with van der Waals surface area (Å²) in [6.45, 7) is 1.89. The van der Waals surface area contributed by atoms with Crippen LogP contribution in [-0.4, -0.2) is 11.6 Å². The quantitative estimate of drug-likeness (QED) is 0.693. The summed E-state index contributed by atoms with van der Waals surface area (Å²) in [5.41, 5.74) is 0.764. The van der Waals surface area contributed by atoms with Crippen molar-refractivity contribution < 1.29 is 22.8 Å². The van der Waals surface area contributed by atoms with E-state index in [1.165, 1.54) is 12.1 Å². The summed E-state index contributed by atoms with van der Waals surface area (Å²) in [7, 11) is 0. The maximum absolute atomic E-state index is 13.3. The minimum absolute atomic E-state index is 0.0815. The summed E-state index contributed by atoms with van der Waals surface area (Å²) in [6.07, 6.45) is -2.07. The molecule has 1 N–H and O–H groups in total. The first-order valence-electron chi connectivity index (χ1n) is 9.36. The van der Waals surface area contributed by atoms with Crippen LogP contribution in [0.1, 0.15) is 58.8 Å². The molecule has 2 aliphatic rings. The molecule has 0 aliphatic heterocycles. The normalized spacial score (nSPS) is 24.5. The van der Waals surface area contributed by atoms with E-state index >= 15 is 0 Å². The first-order chi connectivity index (χ1) is 13.2. The number of nitrogens with one attached hydrogen (secondary N) is 1. The number of halogens is 3. The van der Waals surface area contributed by atoms with Crippen LogP contribution < -0.4 is 5.32 Å². The molecule has 0 bridgehead atoms. The molecular weight excluding hydrogens is 367 g/mol. The van der Waals surface area contributed by atoms with Crippen LogP contribution in [-0.2, 0) is 11.0 Å². The molecule has 1 saturated carbocycles. The van der Waals surface area contributed by atoms with Crippen molar-refractivity contribution in [1.82, 2.24) is 0 Å². The first-order valence-corrected chi connectivity index (χ1v) is 9.36. The molecule has 6 heteroatoms. The molecule has 2 aliphatic carbocycles. The molecule has 1 fully saturated rings. The molecule has 0 saturated heterocycles. The van der Waals surface area contributed by atoms with Crippen molar-refractivity contribution in [2.75, 3.05) is 5.32 Å². The third kappa shape index (κ3) is 2.82. The van der Waals surface area contributed by atoms with Crippen LogP contribution in [0.25, 0.3) is 0 Å². The zero-order valence-electron chi connectivity index (χ0n) is 15.4. The highest BCUT2D eigenvalue weighted by Crippen LogP contribution is 2.53. The predicted octanol–water partition coefficient (Wildman–Crippen LogP) is 5.49. The summed E-state index contributed by atoms with van der Waals surface area (Å²) in [4.78, 5) is 26.3. The van der Waals surface area contributed by atoms with E-state index in [2.05, 4.69) is 5.32 Å². The van der Waals surface area contributed by atoms with Crippen molar-refractivity contribution in [1.29, 1.82) is 0 Å². The predicted molar refractivity (Wildman–Crippen MR) is 99.2 cm³/mol. The van der Waals surface area contributed by atoms with E-state index in [1.807, 2.05) is 19.1 Å². The SMILES string of the molecule is Cc1ccc2c(c1)C(=O)[C@@]1(CCCCC1=O)[C@@H]2Nc1ccc(C(F)(F)F)cc1. The number of rotatable bonds is 2. The molecule has 4 rings (SSSR count). The number of alkyl halides is 3. The molecule has 146 valence electrons. The highest BCUT2D eigenvalue weighted by molar-refractivity contribution is 6.19. The van der Waals surface area contributed by atoms with Crippen molar-refractivity contribution in [3.63, 3.8) is 0 Å². The highest BCUT2D eigenvalue weighted by atomic mass is 19.4. The summed E-state index contributed by atoms with van der Waals surface area (Å²) >= 11 is 0. The van der Waals surface area contributed by atoms with E-state index in [4.69, 9.17) is 0 Å². The van der Waals surface area contributed by atoms with Crippen molar-refractivity contribution in [3.05, 3.63) is 64.7 Å². The zero-order chi connectivity index (χ0) is 20.1. The van der Waals surface area contributed by atoms with E-state index in [0.29, 0.717) is 24.1 Å². The second-order valence-electron chi connectivity index (χ2n) is 7.67. The van der Waals surface area contributed by atoms with Crippen molar-refractivity contribution >= 4 is 17.3 Å². The minimum Gasteiger partial charge on any atom is -0.377 e. The van der Waals surface area contributed by atoms with Crippen molar-refractivity contribution in [3.8, 4) is 0 Å². The fraction of sp³-hybridized carbons (Fsp3) is 0.364. The number of hydrogen-bond acceptors (Lipinski definition) is 3. The number of carbonyl (C=O) groups is 2. The molecule has 2 aromatic rings. The Bertz CT molecular complexity index is 949. The lowest BCUT2D eigenvalue weighted by Crippen LogP contribution is -2.44. The molecule has 0 unspecified atom stereocenters. The molecule has 28 heavy (non-hydrogen) atoms. The van der Waals surface area contributed by atoms with Crippen molar-refractivity contribution in [2.45, 2.75) is 44.8 Å². The second kappa shape index (κ2) is 6.47. The summed E-state index contributed by atoms with van der Waals surface area (Å²) in [5.74, 6) is -0.248. The third-order valence-corrected chi connectivity index (χ3v) is 5.91. The van der Waals surface area contributed by atoms with E-state index in [-0.39, 0.29) is 11.6 Å². The van der Waals surface area contributed by atoms with Gasteiger partial charge in [0.25, 0.3) is 0 Å². The fourth-order valence-electron chi connectivity index (χ4n) is 4.48. The van der Waals surface area contributed by atoms with Gasteiger partial charge in [0.15, 0.2) is 5.78 Å². The summed E-state index contributed by atoms with van der Waals surface area (Å²) in [5, 5.41) is 3.21. The lowest BCUT2D eigenvalue weighted by atomic mass is 9.67. The van der Waals surface area contributed by atoms with Gasteiger partial charge in [0.05, 0.1) is 11.6 Å². The van der Waals surface area contributed by atoms with Gasteiger partial charge in [-0.2, -0.15) is 13.2 Å². The molecule has 2 atom stereocenters. The average molecular weight is 387 g/mol. The molecule has 1 spiro atoms. The van der Waals surface area contributed by atoms with Gasteiger partial charge in [-0.05, 0) is 55.7 Å². The fourth-order valence-corrected chi connectivity index (χ4v) is 4.48. The molecule has 0 radical (unpaired) electrons. The summed E-state index contributed by atoms with van der Waals surface area (Å²) < 4.78 is 38.5. The number of Topliss-reactive ketones (excluding diaryl/α,β-unsaturated/α-hetero) is 2. The van der Waals surface area contributed by atoms with Gasteiger partial charge >= 0.3 is 6.18 Å². The van der Waals surface area contributed by atoms with Gasteiger partial charge in [-0.25, -0.2) is 0 Å². The average Bonchev–Trinajstić information content (AvgIpc) is 2.87. The Labute approximate surface area is 160 Å². The number of carbonyl (C=O) groups excluding carboxylic acids is 2. The van der Waals surface area contributed by atoms with Gasteiger partial charge in [0.2, 0.25) is 0 Å². The Morgan fingerprint density at radius 3 is 2.39 bits per heavy atom. The van der Waals surface area contributed by atoms with Gasteiger partial charge in [0.1, 0.15) is 11.2 Å². The molecule has 0 heterocycles. The number of fused-ring (bicyclic) bond motifs is 1. The van der Waals surface area contributed by atoms with Gasteiger partial charge in [-0.3, -0.25) is 9.59 Å². The Hall–Kier alpha value is -2.63. The largest absolute Gasteiger partial charge is 0.416 e. The molecular formula is C22H20F3NO2. The first kappa shape index (κ1) is 18.7. The Morgan fingerprint density at radius 2 is 1.75 bits per heavy atom. The number of hydrogen-bond donors (Lipinski definition) is 1. The molecule has 0 amide bonds. The van der Waals surface area contributed by atoms with Gasteiger partial charge in [-0.15, -0.1) is 0 Å². The molecule has 2 aromatic carbocycles. The number of ketones is 2. The monoisotopic (exact) mass is 387 g/mol. The Morgan fingerprint density at radius 1 is 1.04 bits per heavy atom. The van der Waals surface area contributed by atoms with Gasteiger partial charge in [-0.1, -0.05) is 24.1 Å². The molecule has 0 aromatic heterocycles. The van der Waals surface area contributed by atoms with Crippen LogP contribution >= 0.6 is 0 Å². The lowest BCUT2D eigenvalue weighted by Gasteiger charge is -2.37. The van der Waals surface area contributed by atoms with E-state index in [0.717, 1.165) is 36.1 Å².